The van der Waals surface area contributed by atoms with Gasteiger partial charge in [-0.1, -0.05) is 12.1 Å². The fraction of sp³-hybridized carbons (Fsp3) is 0.500. The SMILES string of the molecule is O=C(CCn1cnc2ccccc2c1=O)NCC(N1CCNCC1)C(F)(F)F. The van der Waals surface area contributed by atoms with Gasteiger partial charge in [0, 0.05) is 45.7 Å². The summed E-state index contributed by atoms with van der Waals surface area (Å²) in [5.74, 6) is -0.538. The first kappa shape index (κ1) is 20.3. The zero-order valence-electron chi connectivity index (χ0n) is 15.2. The Balaban J connectivity index is 1.57. The number of hydrogen-bond donors (Lipinski definition) is 2. The normalized spacial score (nSPS) is 16.8. The number of alkyl halides is 3. The van der Waals surface area contributed by atoms with Gasteiger partial charge in [-0.3, -0.25) is 19.1 Å². The first-order valence-corrected chi connectivity index (χ1v) is 9.08. The number of halogens is 3. The van der Waals surface area contributed by atoms with Crippen molar-refractivity contribution in [3.63, 3.8) is 0 Å². The second-order valence-corrected chi connectivity index (χ2v) is 6.66. The summed E-state index contributed by atoms with van der Waals surface area (Å²) >= 11 is 0. The van der Waals surface area contributed by atoms with Crippen molar-refractivity contribution in [2.75, 3.05) is 32.7 Å². The Bertz CT molecular complexity index is 877. The highest BCUT2D eigenvalue weighted by molar-refractivity contribution is 5.77. The van der Waals surface area contributed by atoms with Crippen LogP contribution in [0.1, 0.15) is 6.42 Å². The molecule has 0 aliphatic carbocycles. The van der Waals surface area contributed by atoms with Crippen LogP contribution < -0.4 is 16.2 Å². The highest BCUT2D eigenvalue weighted by atomic mass is 19.4. The van der Waals surface area contributed by atoms with E-state index < -0.39 is 24.7 Å². The van der Waals surface area contributed by atoms with Gasteiger partial charge in [-0.05, 0) is 12.1 Å². The number of rotatable bonds is 6. The Morgan fingerprint density at radius 3 is 2.68 bits per heavy atom. The fourth-order valence-corrected chi connectivity index (χ4v) is 3.23. The Morgan fingerprint density at radius 2 is 1.96 bits per heavy atom. The van der Waals surface area contributed by atoms with Gasteiger partial charge in [-0.15, -0.1) is 0 Å². The number of hydrogen-bond acceptors (Lipinski definition) is 5. The maximum atomic E-state index is 13.3. The maximum absolute atomic E-state index is 13.3. The molecule has 1 aromatic heterocycles. The van der Waals surface area contributed by atoms with E-state index in [1.807, 2.05) is 0 Å². The van der Waals surface area contributed by atoms with Crippen molar-refractivity contribution in [1.29, 1.82) is 0 Å². The van der Waals surface area contributed by atoms with Crippen LogP contribution in [0.3, 0.4) is 0 Å². The number of nitrogens with one attached hydrogen (secondary N) is 2. The Hall–Kier alpha value is -2.46. The van der Waals surface area contributed by atoms with Crippen LogP contribution in [0.2, 0.25) is 0 Å². The third-order valence-electron chi connectivity index (χ3n) is 4.77. The summed E-state index contributed by atoms with van der Waals surface area (Å²) in [6.45, 7) is 1.06. The van der Waals surface area contributed by atoms with E-state index in [2.05, 4.69) is 15.6 Å². The first-order chi connectivity index (χ1) is 13.4. The summed E-state index contributed by atoms with van der Waals surface area (Å²) in [6, 6.07) is 5.12. The number of carbonyl (C=O) groups is 1. The molecule has 0 spiro atoms. The van der Waals surface area contributed by atoms with Crippen LogP contribution in [0.4, 0.5) is 13.2 Å². The van der Waals surface area contributed by atoms with Crippen LogP contribution >= 0.6 is 0 Å². The molecule has 1 aromatic carbocycles. The van der Waals surface area contributed by atoms with Crippen molar-refractivity contribution in [2.24, 2.45) is 0 Å². The van der Waals surface area contributed by atoms with Crippen molar-refractivity contribution in [2.45, 2.75) is 25.2 Å². The van der Waals surface area contributed by atoms with Crippen LogP contribution in [0.15, 0.2) is 35.4 Å². The molecule has 1 atom stereocenters. The number of benzene rings is 1. The molecule has 7 nitrogen and oxygen atoms in total. The van der Waals surface area contributed by atoms with Crippen LogP contribution in [-0.2, 0) is 11.3 Å². The Morgan fingerprint density at radius 1 is 1.25 bits per heavy atom. The summed E-state index contributed by atoms with van der Waals surface area (Å²) < 4.78 is 41.3. The van der Waals surface area contributed by atoms with Crippen molar-refractivity contribution < 1.29 is 18.0 Å². The van der Waals surface area contributed by atoms with E-state index in [0.717, 1.165) is 0 Å². The molecule has 1 aliphatic rings. The predicted octanol–water partition coefficient (Wildman–Crippen LogP) is 0.739. The number of carbonyl (C=O) groups excluding carboxylic acids is 1. The summed E-state index contributed by atoms with van der Waals surface area (Å²) in [4.78, 5) is 29.9. The molecule has 1 amide bonds. The molecule has 1 saturated heterocycles. The third kappa shape index (κ3) is 4.87. The zero-order valence-corrected chi connectivity index (χ0v) is 15.2. The molecule has 1 aliphatic heterocycles. The average Bonchev–Trinajstić information content (AvgIpc) is 2.67. The Kier molecular flexibility index (Phi) is 6.30. The van der Waals surface area contributed by atoms with E-state index in [4.69, 9.17) is 0 Å². The molecule has 0 saturated carbocycles. The average molecular weight is 397 g/mol. The minimum Gasteiger partial charge on any atom is -0.354 e. The summed E-state index contributed by atoms with van der Waals surface area (Å²) in [7, 11) is 0. The molecule has 10 heteroatoms. The molecule has 28 heavy (non-hydrogen) atoms. The molecule has 0 bridgehead atoms. The molecular weight excluding hydrogens is 375 g/mol. The number of amides is 1. The van der Waals surface area contributed by atoms with Gasteiger partial charge in [0.15, 0.2) is 0 Å². The van der Waals surface area contributed by atoms with E-state index >= 15 is 0 Å². The standard InChI is InChI=1S/C18H22F3N5O2/c19-18(20,21)15(25-9-6-22-7-10-25)11-23-16(27)5-8-26-12-24-14-4-2-1-3-13(14)17(26)28/h1-4,12,15,22H,5-11H2,(H,23,27). The minimum atomic E-state index is -4.43. The number of nitrogens with zero attached hydrogens (tertiary/aromatic N) is 3. The van der Waals surface area contributed by atoms with Crippen molar-refractivity contribution in [3.05, 3.63) is 40.9 Å². The van der Waals surface area contributed by atoms with Crippen molar-refractivity contribution in [3.8, 4) is 0 Å². The van der Waals surface area contributed by atoms with Gasteiger partial charge in [0.05, 0.1) is 17.2 Å². The van der Waals surface area contributed by atoms with Crippen LogP contribution in [0.5, 0.6) is 0 Å². The maximum Gasteiger partial charge on any atom is 0.405 e. The van der Waals surface area contributed by atoms with E-state index in [1.54, 1.807) is 24.3 Å². The lowest BCUT2D eigenvalue weighted by Crippen LogP contribution is -2.57. The lowest BCUT2D eigenvalue weighted by atomic mass is 10.2. The Labute approximate surface area is 159 Å². The van der Waals surface area contributed by atoms with E-state index in [-0.39, 0.29) is 31.6 Å². The molecule has 0 radical (unpaired) electrons. The molecule has 152 valence electrons. The molecule has 2 N–H and O–H groups in total. The first-order valence-electron chi connectivity index (χ1n) is 9.08. The number of aromatic nitrogens is 2. The predicted molar refractivity (Wildman–Crippen MR) is 97.9 cm³/mol. The van der Waals surface area contributed by atoms with E-state index in [0.29, 0.717) is 24.0 Å². The second-order valence-electron chi connectivity index (χ2n) is 6.66. The lowest BCUT2D eigenvalue weighted by Gasteiger charge is -2.35. The smallest absolute Gasteiger partial charge is 0.354 e. The second kappa shape index (κ2) is 8.70. The summed E-state index contributed by atoms with van der Waals surface area (Å²) in [6.07, 6.45) is -3.19. The van der Waals surface area contributed by atoms with Crippen LogP contribution in [0, 0.1) is 0 Å². The van der Waals surface area contributed by atoms with Gasteiger partial charge in [-0.25, -0.2) is 4.98 Å². The largest absolute Gasteiger partial charge is 0.405 e. The number of piperazine rings is 1. The van der Waals surface area contributed by atoms with Gasteiger partial charge >= 0.3 is 6.18 Å². The van der Waals surface area contributed by atoms with Crippen molar-refractivity contribution >= 4 is 16.8 Å². The highest BCUT2D eigenvalue weighted by Gasteiger charge is 2.43. The number of fused-ring (bicyclic) bond motifs is 1. The lowest BCUT2D eigenvalue weighted by molar-refractivity contribution is -0.184. The van der Waals surface area contributed by atoms with Gasteiger partial charge < -0.3 is 10.6 Å². The molecule has 1 unspecified atom stereocenters. The van der Waals surface area contributed by atoms with Gasteiger partial charge in [0.25, 0.3) is 5.56 Å². The molecule has 3 rings (SSSR count). The molecule has 2 aromatic rings. The minimum absolute atomic E-state index is 0.0484. The molecule has 2 heterocycles. The van der Waals surface area contributed by atoms with E-state index in [1.165, 1.54) is 15.8 Å². The fourth-order valence-electron chi connectivity index (χ4n) is 3.23. The van der Waals surface area contributed by atoms with Crippen LogP contribution in [0.25, 0.3) is 10.9 Å². The third-order valence-corrected chi connectivity index (χ3v) is 4.77. The monoisotopic (exact) mass is 397 g/mol. The quantitative estimate of drug-likeness (QED) is 0.752. The molecular formula is C18H22F3N5O2. The highest BCUT2D eigenvalue weighted by Crippen LogP contribution is 2.24. The number of aryl methyl sites for hydroxylation is 1. The van der Waals surface area contributed by atoms with E-state index in [9.17, 15) is 22.8 Å². The summed E-state index contributed by atoms with van der Waals surface area (Å²) in [5, 5.41) is 5.80. The topological polar surface area (TPSA) is 79.3 Å². The van der Waals surface area contributed by atoms with Gasteiger partial charge in [0.1, 0.15) is 6.04 Å². The van der Waals surface area contributed by atoms with Crippen LogP contribution in [-0.4, -0.2) is 65.3 Å². The zero-order chi connectivity index (χ0) is 20.1. The summed E-state index contributed by atoms with van der Waals surface area (Å²) in [5.41, 5.74) is 0.268. The van der Waals surface area contributed by atoms with Gasteiger partial charge in [0.2, 0.25) is 5.91 Å². The van der Waals surface area contributed by atoms with Gasteiger partial charge in [-0.2, -0.15) is 13.2 Å². The molecule has 1 fully saturated rings. The van der Waals surface area contributed by atoms with Crippen molar-refractivity contribution in [1.82, 2.24) is 25.1 Å². The number of para-hydroxylation sites is 1.